The van der Waals surface area contributed by atoms with Gasteiger partial charge in [0.25, 0.3) is 0 Å². The molecule has 2 aromatic rings. The number of hydrogen-bond donors (Lipinski definition) is 0. The summed E-state index contributed by atoms with van der Waals surface area (Å²) in [7, 11) is 0. The van der Waals surface area contributed by atoms with Crippen LogP contribution < -0.4 is 0 Å². The Morgan fingerprint density at radius 3 is 2.26 bits per heavy atom. The van der Waals surface area contributed by atoms with Gasteiger partial charge in [-0.3, -0.25) is 0 Å². The highest BCUT2D eigenvalue weighted by molar-refractivity contribution is 5.64. The molecule has 1 heteroatoms. The molecule has 3 rings (SSSR count). The first-order valence-electron chi connectivity index (χ1n) is 6.98. The number of hydrogen-bond acceptors (Lipinski definition) is 1. The molecular weight excluding hydrogens is 230 g/mol. The molecule has 19 heavy (non-hydrogen) atoms. The summed E-state index contributed by atoms with van der Waals surface area (Å²) in [5, 5.41) is 0. The van der Waals surface area contributed by atoms with Gasteiger partial charge in [-0.2, -0.15) is 0 Å². The van der Waals surface area contributed by atoms with Crippen LogP contribution in [-0.2, 0) is 6.54 Å². The Balaban J connectivity index is 1.84. The Kier molecular flexibility index (Phi) is 3.64. The van der Waals surface area contributed by atoms with Crippen molar-refractivity contribution in [1.82, 2.24) is 4.90 Å². The van der Waals surface area contributed by atoms with Crippen molar-refractivity contribution in [1.29, 1.82) is 0 Å². The highest BCUT2D eigenvalue weighted by Crippen LogP contribution is 2.26. The topological polar surface area (TPSA) is 3.24 Å². The third-order valence-electron chi connectivity index (χ3n) is 3.60. The fraction of sp³-hybridized carbons (Fsp3) is 0.222. The zero-order valence-corrected chi connectivity index (χ0v) is 11.1. The number of allylic oxidation sites excluding steroid dienone is 1. The first-order valence-corrected chi connectivity index (χ1v) is 6.98. The van der Waals surface area contributed by atoms with E-state index in [2.05, 4.69) is 71.6 Å². The average molecular weight is 249 g/mol. The third kappa shape index (κ3) is 2.87. The normalized spacial score (nSPS) is 15.2. The van der Waals surface area contributed by atoms with Crippen LogP contribution in [0, 0.1) is 0 Å². The lowest BCUT2D eigenvalue weighted by Crippen LogP contribution is -2.25. The molecular formula is C18H19N. The molecule has 0 N–H and O–H groups in total. The molecule has 1 aliphatic rings. The van der Waals surface area contributed by atoms with E-state index in [-0.39, 0.29) is 0 Å². The molecule has 0 aromatic heterocycles. The van der Waals surface area contributed by atoms with Crippen molar-refractivity contribution in [3.05, 3.63) is 77.9 Å². The maximum atomic E-state index is 2.49. The molecule has 0 unspecified atom stereocenters. The Morgan fingerprint density at radius 1 is 0.842 bits per heavy atom. The van der Waals surface area contributed by atoms with Crippen molar-refractivity contribution in [2.24, 2.45) is 0 Å². The number of rotatable bonds is 3. The van der Waals surface area contributed by atoms with Crippen molar-refractivity contribution in [3.63, 3.8) is 0 Å². The van der Waals surface area contributed by atoms with Gasteiger partial charge in [0.2, 0.25) is 0 Å². The van der Waals surface area contributed by atoms with E-state index in [1.54, 1.807) is 0 Å². The SMILES string of the molecule is C1=C(c2ccccc2)N(Cc2ccccc2)CCC1. The maximum Gasteiger partial charge on any atom is 0.0429 e. The van der Waals surface area contributed by atoms with Crippen molar-refractivity contribution in [2.45, 2.75) is 19.4 Å². The molecule has 1 nitrogen and oxygen atoms in total. The van der Waals surface area contributed by atoms with Crippen molar-refractivity contribution >= 4 is 5.70 Å². The zero-order chi connectivity index (χ0) is 12.9. The Labute approximate surface area is 115 Å². The van der Waals surface area contributed by atoms with E-state index >= 15 is 0 Å². The minimum absolute atomic E-state index is 1.00. The van der Waals surface area contributed by atoms with Gasteiger partial charge in [0.05, 0.1) is 0 Å². The summed E-state index contributed by atoms with van der Waals surface area (Å²) in [5.74, 6) is 0. The van der Waals surface area contributed by atoms with E-state index in [9.17, 15) is 0 Å². The predicted molar refractivity (Wildman–Crippen MR) is 80.5 cm³/mol. The second-order valence-corrected chi connectivity index (χ2v) is 5.00. The van der Waals surface area contributed by atoms with Gasteiger partial charge in [0.15, 0.2) is 0 Å². The fourth-order valence-corrected chi connectivity index (χ4v) is 2.65. The van der Waals surface area contributed by atoms with E-state index in [1.807, 2.05) is 0 Å². The van der Waals surface area contributed by atoms with Crippen LogP contribution in [-0.4, -0.2) is 11.4 Å². The minimum Gasteiger partial charge on any atom is -0.367 e. The molecule has 0 amide bonds. The van der Waals surface area contributed by atoms with Crippen molar-refractivity contribution in [2.75, 3.05) is 6.54 Å². The Morgan fingerprint density at radius 2 is 1.53 bits per heavy atom. The Hall–Kier alpha value is -2.02. The molecule has 0 spiro atoms. The molecule has 0 atom stereocenters. The number of nitrogens with zero attached hydrogens (tertiary/aromatic N) is 1. The molecule has 0 radical (unpaired) electrons. The van der Waals surface area contributed by atoms with Gasteiger partial charge in [0, 0.05) is 18.8 Å². The molecule has 0 saturated heterocycles. The quantitative estimate of drug-likeness (QED) is 0.783. The lowest BCUT2D eigenvalue weighted by Gasteiger charge is -2.31. The minimum atomic E-state index is 1.00. The van der Waals surface area contributed by atoms with Crippen LogP contribution in [0.25, 0.3) is 5.70 Å². The van der Waals surface area contributed by atoms with Crippen molar-refractivity contribution in [3.8, 4) is 0 Å². The first-order chi connectivity index (χ1) is 9.43. The fourth-order valence-electron chi connectivity index (χ4n) is 2.65. The van der Waals surface area contributed by atoms with Gasteiger partial charge < -0.3 is 4.90 Å². The highest BCUT2D eigenvalue weighted by atomic mass is 15.1. The van der Waals surface area contributed by atoms with E-state index in [0.717, 1.165) is 13.1 Å². The lowest BCUT2D eigenvalue weighted by atomic mass is 10.0. The van der Waals surface area contributed by atoms with E-state index in [0.29, 0.717) is 0 Å². The molecule has 1 aliphatic heterocycles. The summed E-state index contributed by atoms with van der Waals surface area (Å²) in [6, 6.07) is 21.4. The molecule has 2 aromatic carbocycles. The summed E-state index contributed by atoms with van der Waals surface area (Å²) in [6.07, 6.45) is 4.82. The molecule has 0 bridgehead atoms. The van der Waals surface area contributed by atoms with Gasteiger partial charge in [-0.15, -0.1) is 0 Å². The van der Waals surface area contributed by atoms with E-state index < -0.39 is 0 Å². The molecule has 96 valence electrons. The van der Waals surface area contributed by atoms with Gasteiger partial charge >= 0.3 is 0 Å². The third-order valence-corrected chi connectivity index (χ3v) is 3.60. The van der Waals surface area contributed by atoms with E-state index in [1.165, 1.54) is 29.7 Å². The van der Waals surface area contributed by atoms with Crippen LogP contribution in [0.1, 0.15) is 24.0 Å². The molecule has 1 heterocycles. The highest BCUT2D eigenvalue weighted by Gasteiger charge is 2.15. The summed E-state index contributed by atoms with van der Waals surface area (Å²) in [6.45, 7) is 2.15. The summed E-state index contributed by atoms with van der Waals surface area (Å²) >= 11 is 0. The second kappa shape index (κ2) is 5.75. The predicted octanol–water partition coefficient (Wildman–Crippen LogP) is 4.32. The van der Waals surface area contributed by atoms with Crippen LogP contribution in [0.3, 0.4) is 0 Å². The van der Waals surface area contributed by atoms with Crippen LogP contribution in [0.4, 0.5) is 0 Å². The van der Waals surface area contributed by atoms with Crippen molar-refractivity contribution < 1.29 is 0 Å². The molecule has 0 fully saturated rings. The second-order valence-electron chi connectivity index (χ2n) is 5.00. The van der Waals surface area contributed by atoms with Gasteiger partial charge in [-0.1, -0.05) is 66.7 Å². The van der Waals surface area contributed by atoms with Crippen LogP contribution in [0.5, 0.6) is 0 Å². The molecule has 0 saturated carbocycles. The average Bonchev–Trinajstić information content (AvgIpc) is 2.50. The van der Waals surface area contributed by atoms with Crippen LogP contribution >= 0.6 is 0 Å². The first kappa shape index (κ1) is 12.0. The van der Waals surface area contributed by atoms with Gasteiger partial charge in [-0.25, -0.2) is 0 Å². The van der Waals surface area contributed by atoms with E-state index in [4.69, 9.17) is 0 Å². The summed E-state index contributed by atoms with van der Waals surface area (Å²) in [5.41, 5.74) is 4.10. The maximum absolute atomic E-state index is 2.49. The summed E-state index contributed by atoms with van der Waals surface area (Å²) < 4.78 is 0. The molecule has 0 aliphatic carbocycles. The number of benzene rings is 2. The van der Waals surface area contributed by atoms with Crippen LogP contribution in [0.2, 0.25) is 0 Å². The monoisotopic (exact) mass is 249 g/mol. The zero-order valence-electron chi connectivity index (χ0n) is 11.1. The van der Waals surface area contributed by atoms with Crippen LogP contribution in [0.15, 0.2) is 66.7 Å². The standard InChI is InChI=1S/C18H19N/c1-3-9-16(10-4-1)15-19-14-8-7-13-18(19)17-11-5-2-6-12-17/h1-6,9-13H,7-8,14-15H2. The summed E-state index contributed by atoms with van der Waals surface area (Å²) in [4.78, 5) is 2.49. The van der Waals surface area contributed by atoms with Gasteiger partial charge in [0.1, 0.15) is 0 Å². The Bertz CT molecular complexity index is 542. The lowest BCUT2D eigenvalue weighted by molar-refractivity contribution is 0.370. The van der Waals surface area contributed by atoms with Gasteiger partial charge in [-0.05, 0) is 24.0 Å². The smallest absolute Gasteiger partial charge is 0.0429 e. The largest absolute Gasteiger partial charge is 0.367 e.